The van der Waals surface area contributed by atoms with Crippen LogP contribution in [0.1, 0.15) is 32.5 Å². The third kappa shape index (κ3) is 4.46. The molecule has 1 aromatic carbocycles. The Hall–Kier alpha value is -2.19. The Morgan fingerprint density at radius 2 is 2.16 bits per heavy atom. The molecule has 0 aliphatic rings. The average molecular weight is 375 g/mol. The number of ether oxygens (including phenoxy) is 1. The van der Waals surface area contributed by atoms with Gasteiger partial charge in [-0.15, -0.1) is 21.5 Å². The fourth-order valence-electron chi connectivity index (χ4n) is 2.26. The van der Waals surface area contributed by atoms with Gasteiger partial charge in [-0.2, -0.15) is 0 Å². The van der Waals surface area contributed by atoms with E-state index in [0.29, 0.717) is 28.8 Å². The molecule has 8 heteroatoms. The second-order valence-corrected chi connectivity index (χ2v) is 7.40. The SMILES string of the molecule is COc1ccc(C)cc1C(=O)CSc1nnc(Cc2csc(C)n2)o1. The summed E-state index contributed by atoms with van der Waals surface area (Å²) in [6.07, 6.45) is 0.498. The number of thiazole rings is 1. The number of rotatable bonds is 7. The van der Waals surface area contributed by atoms with E-state index >= 15 is 0 Å². The molecule has 130 valence electrons. The molecule has 0 amide bonds. The summed E-state index contributed by atoms with van der Waals surface area (Å²) in [5.74, 6) is 1.23. The van der Waals surface area contributed by atoms with Crippen LogP contribution in [0.2, 0.25) is 0 Å². The van der Waals surface area contributed by atoms with E-state index in [1.54, 1.807) is 24.5 Å². The van der Waals surface area contributed by atoms with Crippen molar-refractivity contribution in [3.63, 3.8) is 0 Å². The first-order chi connectivity index (χ1) is 12.0. The lowest BCUT2D eigenvalue weighted by molar-refractivity contribution is 0.101. The lowest BCUT2D eigenvalue weighted by Gasteiger charge is -2.07. The van der Waals surface area contributed by atoms with Crippen LogP contribution in [0.15, 0.2) is 33.2 Å². The summed E-state index contributed by atoms with van der Waals surface area (Å²) in [6, 6.07) is 5.53. The molecule has 0 aliphatic carbocycles. The van der Waals surface area contributed by atoms with Crippen LogP contribution in [-0.4, -0.2) is 33.8 Å². The number of ketones is 1. The van der Waals surface area contributed by atoms with Gasteiger partial charge in [-0.05, 0) is 26.0 Å². The van der Waals surface area contributed by atoms with Crippen molar-refractivity contribution in [2.24, 2.45) is 0 Å². The number of aryl methyl sites for hydroxylation is 2. The molecule has 0 bridgehead atoms. The summed E-state index contributed by atoms with van der Waals surface area (Å²) in [4.78, 5) is 16.8. The Morgan fingerprint density at radius 3 is 2.88 bits per heavy atom. The van der Waals surface area contributed by atoms with Crippen LogP contribution in [-0.2, 0) is 6.42 Å². The maximum Gasteiger partial charge on any atom is 0.277 e. The lowest BCUT2D eigenvalue weighted by Crippen LogP contribution is -2.05. The number of methoxy groups -OCH3 is 1. The summed E-state index contributed by atoms with van der Waals surface area (Å²) < 4.78 is 10.8. The second kappa shape index (κ2) is 7.79. The maximum atomic E-state index is 12.5. The highest BCUT2D eigenvalue weighted by molar-refractivity contribution is 7.99. The van der Waals surface area contributed by atoms with Gasteiger partial charge in [0.15, 0.2) is 5.78 Å². The van der Waals surface area contributed by atoms with Gasteiger partial charge in [-0.3, -0.25) is 4.79 Å². The molecule has 0 spiro atoms. The monoisotopic (exact) mass is 375 g/mol. The minimum Gasteiger partial charge on any atom is -0.496 e. The molecule has 3 rings (SSSR count). The number of aromatic nitrogens is 3. The summed E-state index contributed by atoms with van der Waals surface area (Å²) in [5.41, 5.74) is 2.48. The number of carbonyl (C=O) groups is 1. The number of thioether (sulfide) groups is 1. The van der Waals surface area contributed by atoms with Crippen LogP contribution in [0.5, 0.6) is 5.75 Å². The van der Waals surface area contributed by atoms with Crippen molar-refractivity contribution >= 4 is 28.9 Å². The normalized spacial score (nSPS) is 10.8. The van der Waals surface area contributed by atoms with Crippen LogP contribution >= 0.6 is 23.1 Å². The zero-order valence-electron chi connectivity index (χ0n) is 14.1. The maximum absolute atomic E-state index is 12.5. The molecular weight excluding hydrogens is 358 g/mol. The first-order valence-electron chi connectivity index (χ1n) is 7.59. The predicted molar refractivity (Wildman–Crippen MR) is 96.7 cm³/mol. The Labute approximate surface area is 153 Å². The average Bonchev–Trinajstić information content (AvgIpc) is 3.22. The fraction of sp³-hybridized carbons (Fsp3) is 0.294. The van der Waals surface area contributed by atoms with Crippen LogP contribution in [0.4, 0.5) is 0 Å². The van der Waals surface area contributed by atoms with E-state index in [1.807, 2.05) is 31.4 Å². The van der Waals surface area contributed by atoms with Crippen molar-refractivity contribution in [2.75, 3.05) is 12.9 Å². The third-order valence-corrected chi connectivity index (χ3v) is 5.07. The molecule has 3 aromatic rings. The number of nitrogens with zero attached hydrogens (tertiary/aromatic N) is 3. The van der Waals surface area contributed by atoms with Crippen LogP contribution in [0, 0.1) is 13.8 Å². The molecular formula is C17H17N3O3S2. The molecule has 0 fully saturated rings. The highest BCUT2D eigenvalue weighted by Gasteiger charge is 2.15. The number of benzene rings is 1. The molecule has 0 radical (unpaired) electrons. The number of carbonyl (C=O) groups excluding carboxylic acids is 1. The fourth-order valence-corrected chi connectivity index (χ4v) is 3.53. The highest BCUT2D eigenvalue weighted by atomic mass is 32.2. The van der Waals surface area contributed by atoms with E-state index in [-0.39, 0.29) is 11.5 Å². The summed E-state index contributed by atoms with van der Waals surface area (Å²) in [7, 11) is 1.55. The van der Waals surface area contributed by atoms with Crippen molar-refractivity contribution in [1.29, 1.82) is 0 Å². The smallest absolute Gasteiger partial charge is 0.277 e. The molecule has 25 heavy (non-hydrogen) atoms. The molecule has 0 saturated heterocycles. The van der Waals surface area contributed by atoms with Gasteiger partial charge in [0.1, 0.15) is 5.75 Å². The quantitative estimate of drug-likeness (QED) is 0.460. The zero-order valence-corrected chi connectivity index (χ0v) is 15.7. The van der Waals surface area contributed by atoms with Crippen molar-refractivity contribution in [3.8, 4) is 5.75 Å². The van der Waals surface area contributed by atoms with Crippen LogP contribution in [0.25, 0.3) is 0 Å². The standard InChI is InChI=1S/C17H17N3O3S2/c1-10-4-5-15(22-3)13(6-10)14(21)9-25-17-20-19-16(23-17)7-12-8-24-11(2)18-12/h4-6,8H,7,9H2,1-3H3. The van der Waals surface area contributed by atoms with Gasteiger partial charge in [0.05, 0.1) is 35.5 Å². The van der Waals surface area contributed by atoms with Gasteiger partial charge in [0, 0.05) is 5.38 Å². The number of hydrogen-bond acceptors (Lipinski definition) is 8. The third-order valence-electron chi connectivity index (χ3n) is 3.43. The van der Waals surface area contributed by atoms with E-state index in [2.05, 4.69) is 15.2 Å². The van der Waals surface area contributed by atoms with Gasteiger partial charge in [-0.1, -0.05) is 23.4 Å². The zero-order chi connectivity index (χ0) is 17.8. The molecule has 6 nitrogen and oxygen atoms in total. The second-order valence-electron chi connectivity index (χ2n) is 5.41. The molecule has 0 atom stereocenters. The Bertz CT molecular complexity index is 889. The Balaban J connectivity index is 1.62. The van der Waals surface area contributed by atoms with Gasteiger partial charge in [-0.25, -0.2) is 4.98 Å². The highest BCUT2D eigenvalue weighted by Crippen LogP contribution is 2.24. The van der Waals surface area contributed by atoms with Gasteiger partial charge in [0.25, 0.3) is 5.22 Å². The van der Waals surface area contributed by atoms with Crippen molar-refractivity contribution in [3.05, 3.63) is 51.3 Å². The summed E-state index contributed by atoms with van der Waals surface area (Å²) in [5, 5.41) is 11.3. The van der Waals surface area contributed by atoms with E-state index in [1.165, 1.54) is 11.8 Å². The van der Waals surface area contributed by atoms with Crippen molar-refractivity contribution in [2.45, 2.75) is 25.5 Å². The van der Waals surface area contributed by atoms with Gasteiger partial charge < -0.3 is 9.15 Å². The largest absolute Gasteiger partial charge is 0.496 e. The molecule has 0 unspecified atom stereocenters. The van der Waals surface area contributed by atoms with Crippen molar-refractivity contribution in [1.82, 2.24) is 15.2 Å². The van der Waals surface area contributed by atoms with Crippen molar-refractivity contribution < 1.29 is 13.9 Å². The van der Waals surface area contributed by atoms with Gasteiger partial charge >= 0.3 is 0 Å². The summed E-state index contributed by atoms with van der Waals surface area (Å²) in [6.45, 7) is 3.89. The Morgan fingerprint density at radius 1 is 1.32 bits per heavy atom. The number of Topliss-reactive ketones (excluding diaryl/α,β-unsaturated/α-hetero) is 1. The summed E-state index contributed by atoms with van der Waals surface area (Å²) >= 11 is 2.81. The van der Waals surface area contributed by atoms with Gasteiger partial charge in [0.2, 0.25) is 5.89 Å². The predicted octanol–water partition coefficient (Wildman–Crippen LogP) is 3.72. The minimum atomic E-state index is -0.0413. The number of hydrogen-bond donors (Lipinski definition) is 0. The van der Waals surface area contributed by atoms with E-state index < -0.39 is 0 Å². The van der Waals surface area contributed by atoms with Crippen LogP contribution < -0.4 is 4.74 Å². The molecule has 2 heterocycles. The first kappa shape index (κ1) is 17.6. The lowest BCUT2D eigenvalue weighted by atomic mass is 10.1. The minimum absolute atomic E-state index is 0.0413. The first-order valence-corrected chi connectivity index (χ1v) is 9.45. The van der Waals surface area contributed by atoms with E-state index in [0.717, 1.165) is 16.3 Å². The van der Waals surface area contributed by atoms with E-state index in [4.69, 9.17) is 9.15 Å². The molecule has 2 aromatic heterocycles. The van der Waals surface area contributed by atoms with E-state index in [9.17, 15) is 4.79 Å². The molecule has 0 N–H and O–H groups in total. The Kier molecular flexibility index (Phi) is 5.50. The molecule has 0 saturated carbocycles. The topological polar surface area (TPSA) is 78.1 Å². The van der Waals surface area contributed by atoms with Crippen LogP contribution in [0.3, 0.4) is 0 Å². The molecule has 0 aliphatic heterocycles.